The molecule has 7 rings (SSSR count). The number of amides is 2. The maximum atomic E-state index is 15.0. The summed E-state index contributed by atoms with van der Waals surface area (Å²) < 4.78 is 46.7. The smallest absolute Gasteiger partial charge is 0.407 e. The Balaban J connectivity index is 0.998. The van der Waals surface area contributed by atoms with Crippen LogP contribution < -0.4 is 15.5 Å². The minimum Gasteiger partial charge on any atom is -0.453 e. The molecule has 3 aromatic rings. The Bertz CT molecular complexity index is 1880. The standard InChI is InChI=1S/C41H52FN5O5S/c1-43-39(48)30-7-3-10-36(23-30)53(50,51)35-15-13-34(14-16-35)47-26-29(27-47)25-45-21-17-31(18-22-45)41(28-46-19-6-20-46,32-8-4-9-33(42)24-32)37-11-5-12-38(37)44-40(49)52-2/h3-4,7-10,13-16,23-24,29,31,37-38H,5-6,11-12,17-22,25-28H2,1-2H3,(H,43,48)(H,44,49)/t37-,38-,41-/m0/s1. The molecule has 1 saturated carbocycles. The molecule has 4 fully saturated rings. The van der Waals surface area contributed by atoms with Crippen LogP contribution >= 0.6 is 0 Å². The van der Waals surface area contributed by atoms with Crippen molar-refractivity contribution in [3.05, 3.63) is 89.7 Å². The van der Waals surface area contributed by atoms with Crippen LogP contribution in [0.4, 0.5) is 14.9 Å². The number of carbonyl (C=O) groups is 2. The van der Waals surface area contributed by atoms with Crippen LogP contribution in [0.5, 0.6) is 0 Å². The second kappa shape index (κ2) is 15.8. The van der Waals surface area contributed by atoms with Crippen LogP contribution in [0, 0.1) is 23.6 Å². The molecule has 3 aromatic carbocycles. The molecular formula is C41H52FN5O5S. The zero-order valence-electron chi connectivity index (χ0n) is 30.8. The maximum Gasteiger partial charge on any atom is 0.407 e. The van der Waals surface area contributed by atoms with E-state index >= 15 is 0 Å². The Morgan fingerprint density at radius 1 is 0.868 bits per heavy atom. The molecule has 3 heterocycles. The molecule has 2 N–H and O–H groups in total. The molecule has 3 saturated heterocycles. The predicted molar refractivity (Wildman–Crippen MR) is 202 cm³/mol. The normalized spacial score (nSPS) is 22.7. The third-order valence-electron chi connectivity index (χ3n) is 12.4. The van der Waals surface area contributed by atoms with Crippen molar-refractivity contribution in [2.75, 3.05) is 71.4 Å². The highest BCUT2D eigenvalue weighted by atomic mass is 32.2. The Kier molecular flexibility index (Phi) is 11.1. The van der Waals surface area contributed by atoms with Gasteiger partial charge in [-0.2, -0.15) is 0 Å². The van der Waals surface area contributed by atoms with Gasteiger partial charge in [-0.3, -0.25) is 4.79 Å². The zero-order chi connectivity index (χ0) is 37.2. The van der Waals surface area contributed by atoms with E-state index in [-0.39, 0.29) is 38.9 Å². The molecule has 0 bridgehead atoms. The number of rotatable bonds is 12. The lowest BCUT2D eigenvalue weighted by molar-refractivity contribution is 0.0223. The lowest BCUT2D eigenvalue weighted by Gasteiger charge is -2.54. The van der Waals surface area contributed by atoms with Crippen LogP contribution in [-0.2, 0) is 20.0 Å². The van der Waals surface area contributed by atoms with E-state index in [1.807, 2.05) is 18.2 Å². The number of sulfone groups is 1. The molecule has 0 radical (unpaired) electrons. The number of alkyl carbamates (subject to hydrolysis) is 1. The number of methoxy groups -OCH3 is 1. The summed E-state index contributed by atoms with van der Waals surface area (Å²) in [6, 6.07) is 20.4. The van der Waals surface area contributed by atoms with Gasteiger partial charge in [-0.15, -0.1) is 0 Å². The molecule has 0 aromatic heterocycles. The van der Waals surface area contributed by atoms with Crippen molar-refractivity contribution in [2.45, 2.75) is 59.8 Å². The Hall–Kier alpha value is -4.00. The van der Waals surface area contributed by atoms with Crippen molar-refractivity contribution in [3.8, 4) is 0 Å². The van der Waals surface area contributed by atoms with E-state index < -0.39 is 15.9 Å². The molecule has 284 valence electrons. The average Bonchev–Trinajstić information content (AvgIpc) is 3.61. The largest absolute Gasteiger partial charge is 0.453 e. The predicted octanol–water partition coefficient (Wildman–Crippen LogP) is 5.33. The molecule has 0 unspecified atom stereocenters. The second-order valence-corrected chi connectivity index (χ2v) is 17.4. The molecule has 2 amide bonds. The van der Waals surface area contributed by atoms with Gasteiger partial charge in [0.1, 0.15) is 5.82 Å². The number of ether oxygens (including phenoxy) is 1. The molecule has 12 heteroatoms. The van der Waals surface area contributed by atoms with Crippen LogP contribution in [0.3, 0.4) is 0 Å². The van der Waals surface area contributed by atoms with Gasteiger partial charge in [0, 0.05) is 61.9 Å². The van der Waals surface area contributed by atoms with Crippen molar-refractivity contribution < 1.29 is 27.1 Å². The number of benzene rings is 3. The molecule has 10 nitrogen and oxygen atoms in total. The van der Waals surface area contributed by atoms with Gasteiger partial charge >= 0.3 is 6.09 Å². The van der Waals surface area contributed by atoms with E-state index in [0.29, 0.717) is 17.4 Å². The first-order valence-corrected chi connectivity index (χ1v) is 20.6. The first-order valence-electron chi connectivity index (χ1n) is 19.1. The average molecular weight is 746 g/mol. The molecule has 1 aliphatic carbocycles. The number of hydrogen-bond acceptors (Lipinski definition) is 8. The van der Waals surface area contributed by atoms with E-state index in [1.165, 1.54) is 38.8 Å². The number of halogens is 1. The molecule has 3 aliphatic heterocycles. The molecule has 3 atom stereocenters. The number of nitrogens with one attached hydrogen (secondary N) is 2. The van der Waals surface area contributed by atoms with Gasteiger partial charge in [-0.05, 0) is 130 Å². The molecular weight excluding hydrogens is 694 g/mol. The lowest BCUT2D eigenvalue weighted by atomic mass is 9.57. The highest BCUT2D eigenvalue weighted by Crippen LogP contribution is 2.51. The van der Waals surface area contributed by atoms with E-state index in [1.54, 1.807) is 30.3 Å². The van der Waals surface area contributed by atoms with Crippen LogP contribution in [0.2, 0.25) is 0 Å². The quantitative estimate of drug-likeness (QED) is 0.256. The third-order valence-corrected chi connectivity index (χ3v) is 14.2. The minimum absolute atomic E-state index is 0.0135. The van der Waals surface area contributed by atoms with Crippen LogP contribution in [0.15, 0.2) is 82.6 Å². The van der Waals surface area contributed by atoms with E-state index in [9.17, 15) is 22.4 Å². The Labute approximate surface area is 313 Å². The van der Waals surface area contributed by atoms with Crippen LogP contribution in [-0.4, -0.2) is 103 Å². The van der Waals surface area contributed by atoms with Gasteiger partial charge < -0.3 is 30.1 Å². The zero-order valence-corrected chi connectivity index (χ0v) is 31.6. The van der Waals surface area contributed by atoms with Crippen LogP contribution in [0.1, 0.15) is 54.4 Å². The van der Waals surface area contributed by atoms with E-state index in [2.05, 4.69) is 31.4 Å². The highest BCUT2D eigenvalue weighted by molar-refractivity contribution is 7.91. The summed E-state index contributed by atoms with van der Waals surface area (Å²) in [5.41, 5.74) is 2.08. The molecule has 4 aliphatic rings. The SMILES string of the molecule is CNC(=O)c1cccc(S(=O)(=O)c2ccc(N3CC(CN4CCC([C@@](CN5CCC5)(c5cccc(F)c5)[C@H]5CCC[C@@H]5NC(=O)OC)CC4)C3)cc2)c1. The fourth-order valence-electron chi connectivity index (χ4n) is 9.55. The van der Waals surface area contributed by atoms with Crippen LogP contribution in [0.25, 0.3) is 0 Å². The van der Waals surface area contributed by atoms with Gasteiger partial charge in [0.05, 0.1) is 16.9 Å². The highest BCUT2D eigenvalue weighted by Gasteiger charge is 2.53. The first-order chi connectivity index (χ1) is 25.6. The van der Waals surface area contributed by atoms with E-state index in [4.69, 9.17) is 4.74 Å². The summed E-state index contributed by atoms with van der Waals surface area (Å²) in [7, 11) is -0.841. The molecule has 0 spiro atoms. The van der Waals surface area contributed by atoms with Gasteiger partial charge in [0.25, 0.3) is 5.91 Å². The third kappa shape index (κ3) is 7.68. The summed E-state index contributed by atoms with van der Waals surface area (Å²) in [5, 5.41) is 5.71. The number of nitrogens with zero attached hydrogens (tertiary/aromatic N) is 3. The van der Waals surface area contributed by atoms with Crippen molar-refractivity contribution in [2.24, 2.45) is 17.8 Å². The van der Waals surface area contributed by atoms with Crippen molar-refractivity contribution in [3.63, 3.8) is 0 Å². The van der Waals surface area contributed by atoms with Gasteiger partial charge in [0.15, 0.2) is 0 Å². The van der Waals surface area contributed by atoms with Crippen molar-refractivity contribution in [1.29, 1.82) is 0 Å². The minimum atomic E-state index is -3.77. The summed E-state index contributed by atoms with van der Waals surface area (Å²) in [6.45, 7) is 7.78. The fraction of sp³-hybridized carbons (Fsp3) is 0.512. The first kappa shape index (κ1) is 37.3. The summed E-state index contributed by atoms with van der Waals surface area (Å²) in [5.74, 6) is 0.516. The molecule has 53 heavy (non-hydrogen) atoms. The number of hydrogen-bond donors (Lipinski definition) is 2. The van der Waals surface area contributed by atoms with E-state index in [0.717, 1.165) is 95.7 Å². The number of carbonyl (C=O) groups excluding carboxylic acids is 2. The number of anilines is 1. The summed E-state index contributed by atoms with van der Waals surface area (Å²) >= 11 is 0. The fourth-order valence-corrected chi connectivity index (χ4v) is 10.9. The Morgan fingerprint density at radius 2 is 1.60 bits per heavy atom. The second-order valence-electron chi connectivity index (χ2n) is 15.4. The van der Waals surface area contributed by atoms with Gasteiger partial charge in [-0.1, -0.05) is 24.6 Å². The van der Waals surface area contributed by atoms with Gasteiger partial charge in [-0.25, -0.2) is 17.6 Å². The number of piperidine rings is 1. The van der Waals surface area contributed by atoms with Crippen molar-refractivity contribution in [1.82, 2.24) is 20.4 Å². The summed E-state index contributed by atoms with van der Waals surface area (Å²) in [4.78, 5) is 32.2. The van der Waals surface area contributed by atoms with Crippen molar-refractivity contribution >= 4 is 27.5 Å². The topological polar surface area (TPSA) is 111 Å². The summed E-state index contributed by atoms with van der Waals surface area (Å²) in [6.07, 6.45) is 5.75. The monoisotopic (exact) mass is 745 g/mol. The maximum absolute atomic E-state index is 15.0. The Morgan fingerprint density at radius 3 is 2.26 bits per heavy atom. The van der Waals surface area contributed by atoms with Gasteiger partial charge in [0.2, 0.25) is 9.84 Å². The number of likely N-dealkylation sites (tertiary alicyclic amines) is 2. The lowest BCUT2D eigenvalue weighted by Crippen LogP contribution is -2.60.